The van der Waals surface area contributed by atoms with E-state index >= 15 is 0 Å². The smallest absolute Gasteiger partial charge is 0.343 e. The molecule has 0 aliphatic rings. The van der Waals surface area contributed by atoms with Crippen LogP contribution in [0.2, 0.25) is 0 Å². The van der Waals surface area contributed by atoms with Crippen molar-refractivity contribution in [1.82, 2.24) is 0 Å². The molecule has 5 nitrogen and oxygen atoms in total. The van der Waals surface area contributed by atoms with Gasteiger partial charge in [-0.2, -0.15) is 0 Å². The molecule has 0 spiro atoms. The van der Waals surface area contributed by atoms with E-state index in [1.807, 2.05) is 6.07 Å². The fourth-order valence-corrected chi connectivity index (χ4v) is 2.89. The highest BCUT2D eigenvalue weighted by molar-refractivity contribution is 6.06. The SMILES string of the molecule is CCCCOc1ccc(C(=O)Oc2cccc(/C=C/C(=O)c3ccc(OC)cc3)c2)cc1. The molecule has 0 unspecified atom stereocenters. The lowest BCUT2D eigenvalue weighted by atomic mass is 10.1. The first-order chi connectivity index (χ1) is 15.6. The van der Waals surface area contributed by atoms with Gasteiger partial charge in [0.2, 0.25) is 0 Å². The molecule has 0 bridgehead atoms. The first-order valence-corrected chi connectivity index (χ1v) is 10.5. The summed E-state index contributed by atoms with van der Waals surface area (Å²) in [5.41, 5.74) is 1.74. The molecule has 164 valence electrons. The summed E-state index contributed by atoms with van der Waals surface area (Å²) in [6, 6.07) is 20.8. The monoisotopic (exact) mass is 430 g/mol. The number of ether oxygens (including phenoxy) is 3. The quantitative estimate of drug-likeness (QED) is 0.130. The molecule has 0 heterocycles. The van der Waals surface area contributed by atoms with Crippen molar-refractivity contribution in [2.45, 2.75) is 19.8 Å². The van der Waals surface area contributed by atoms with E-state index in [2.05, 4.69) is 6.92 Å². The maximum Gasteiger partial charge on any atom is 0.343 e. The van der Waals surface area contributed by atoms with Gasteiger partial charge < -0.3 is 14.2 Å². The summed E-state index contributed by atoms with van der Waals surface area (Å²) in [4.78, 5) is 24.8. The summed E-state index contributed by atoms with van der Waals surface area (Å²) in [7, 11) is 1.58. The predicted molar refractivity (Wildman–Crippen MR) is 125 cm³/mol. The van der Waals surface area contributed by atoms with E-state index in [0.717, 1.165) is 24.2 Å². The maximum atomic E-state index is 12.5. The van der Waals surface area contributed by atoms with Gasteiger partial charge in [0.05, 0.1) is 19.3 Å². The van der Waals surface area contributed by atoms with Gasteiger partial charge in [-0.25, -0.2) is 4.79 Å². The minimum atomic E-state index is -0.458. The van der Waals surface area contributed by atoms with Crippen LogP contribution in [0.5, 0.6) is 17.2 Å². The van der Waals surface area contributed by atoms with Crippen molar-refractivity contribution in [1.29, 1.82) is 0 Å². The number of allylic oxidation sites excluding steroid dienone is 1. The summed E-state index contributed by atoms with van der Waals surface area (Å²) >= 11 is 0. The Kier molecular flexibility index (Phi) is 8.21. The lowest BCUT2D eigenvalue weighted by molar-refractivity contribution is 0.0734. The van der Waals surface area contributed by atoms with Gasteiger partial charge in [0.15, 0.2) is 5.78 Å². The standard InChI is InChI=1S/C27H26O5/c1-3-4-18-31-24-15-11-22(12-16-24)27(29)32-25-7-5-6-20(19-25)8-17-26(28)21-9-13-23(30-2)14-10-21/h5-17,19H,3-4,18H2,1-2H3/b17-8+. The van der Waals surface area contributed by atoms with Crippen LogP contribution in [0.1, 0.15) is 46.0 Å². The Morgan fingerprint density at radius 1 is 0.844 bits per heavy atom. The second kappa shape index (κ2) is 11.5. The lowest BCUT2D eigenvalue weighted by Gasteiger charge is -2.07. The lowest BCUT2D eigenvalue weighted by Crippen LogP contribution is -2.08. The molecule has 0 saturated heterocycles. The molecule has 0 N–H and O–H groups in total. The molecule has 5 heteroatoms. The molecule has 0 aliphatic carbocycles. The van der Waals surface area contributed by atoms with Crippen molar-refractivity contribution in [2.75, 3.05) is 13.7 Å². The summed E-state index contributed by atoms with van der Waals surface area (Å²) < 4.78 is 16.2. The second-order valence-corrected chi connectivity index (χ2v) is 7.11. The molecule has 3 rings (SSSR count). The third kappa shape index (κ3) is 6.57. The molecular formula is C27H26O5. The first kappa shape index (κ1) is 22.8. The Labute approximate surface area is 188 Å². The van der Waals surface area contributed by atoms with E-state index in [0.29, 0.717) is 29.2 Å². The van der Waals surface area contributed by atoms with Crippen LogP contribution in [-0.4, -0.2) is 25.5 Å². The molecule has 0 amide bonds. The zero-order chi connectivity index (χ0) is 22.8. The van der Waals surface area contributed by atoms with E-state index in [1.54, 1.807) is 79.9 Å². The van der Waals surface area contributed by atoms with Crippen molar-refractivity contribution in [3.8, 4) is 17.2 Å². The number of ketones is 1. The van der Waals surface area contributed by atoms with Gasteiger partial charge >= 0.3 is 5.97 Å². The molecule has 0 fully saturated rings. The number of hydrogen-bond donors (Lipinski definition) is 0. The Morgan fingerprint density at radius 3 is 2.22 bits per heavy atom. The topological polar surface area (TPSA) is 61.8 Å². The van der Waals surface area contributed by atoms with Crippen LogP contribution in [-0.2, 0) is 0 Å². The molecule has 3 aromatic rings. The highest BCUT2D eigenvalue weighted by Crippen LogP contribution is 2.19. The number of carbonyl (C=O) groups is 2. The zero-order valence-electron chi connectivity index (χ0n) is 18.2. The third-order valence-electron chi connectivity index (χ3n) is 4.73. The van der Waals surface area contributed by atoms with Crippen LogP contribution in [0.15, 0.2) is 78.9 Å². The Balaban J connectivity index is 1.60. The third-order valence-corrected chi connectivity index (χ3v) is 4.73. The highest BCUT2D eigenvalue weighted by atomic mass is 16.5. The summed E-state index contributed by atoms with van der Waals surface area (Å²) in [6.45, 7) is 2.76. The van der Waals surface area contributed by atoms with Crippen LogP contribution in [0.4, 0.5) is 0 Å². The largest absolute Gasteiger partial charge is 0.497 e. The van der Waals surface area contributed by atoms with Crippen LogP contribution >= 0.6 is 0 Å². The van der Waals surface area contributed by atoms with E-state index in [4.69, 9.17) is 14.2 Å². The number of hydrogen-bond acceptors (Lipinski definition) is 5. The minimum absolute atomic E-state index is 0.128. The van der Waals surface area contributed by atoms with Gasteiger partial charge in [-0.15, -0.1) is 0 Å². The number of rotatable bonds is 10. The molecule has 0 aromatic heterocycles. The minimum Gasteiger partial charge on any atom is -0.497 e. The maximum absolute atomic E-state index is 12.5. The van der Waals surface area contributed by atoms with Crippen molar-refractivity contribution in [2.24, 2.45) is 0 Å². The van der Waals surface area contributed by atoms with Crippen molar-refractivity contribution >= 4 is 17.8 Å². The van der Waals surface area contributed by atoms with Crippen LogP contribution in [0, 0.1) is 0 Å². The first-order valence-electron chi connectivity index (χ1n) is 10.5. The molecule has 0 radical (unpaired) electrons. The normalized spacial score (nSPS) is 10.7. The number of benzene rings is 3. The molecule has 0 aliphatic heterocycles. The second-order valence-electron chi connectivity index (χ2n) is 7.11. The fourth-order valence-electron chi connectivity index (χ4n) is 2.89. The van der Waals surface area contributed by atoms with Crippen molar-refractivity contribution < 1.29 is 23.8 Å². The zero-order valence-corrected chi connectivity index (χ0v) is 18.2. The molecule has 0 saturated carbocycles. The summed E-state index contributed by atoms with van der Waals surface area (Å²) in [6.07, 6.45) is 5.22. The highest BCUT2D eigenvalue weighted by Gasteiger charge is 2.09. The van der Waals surface area contributed by atoms with Gasteiger partial charge in [-0.1, -0.05) is 31.6 Å². The molecule has 3 aromatic carbocycles. The van der Waals surface area contributed by atoms with E-state index in [9.17, 15) is 9.59 Å². The van der Waals surface area contributed by atoms with E-state index in [-0.39, 0.29) is 5.78 Å². The van der Waals surface area contributed by atoms with Crippen molar-refractivity contribution in [3.63, 3.8) is 0 Å². The van der Waals surface area contributed by atoms with Gasteiger partial charge in [-0.05, 0) is 78.7 Å². The molecular weight excluding hydrogens is 404 g/mol. The number of unbranched alkanes of at least 4 members (excludes halogenated alkanes) is 1. The Hall–Kier alpha value is -3.86. The number of methoxy groups -OCH3 is 1. The van der Waals surface area contributed by atoms with Gasteiger partial charge in [-0.3, -0.25) is 4.79 Å². The predicted octanol–water partition coefficient (Wildman–Crippen LogP) is 5.99. The molecule has 32 heavy (non-hydrogen) atoms. The van der Waals surface area contributed by atoms with Crippen LogP contribution in [0.25, 0.3) is 6.08 Å². The average molecular weight is 431 g/mol. The number of esters is 1. The van der Waals surface area contributed by atoms with Crippen LogP contribution in [0.3, 0.4) is 0 Å². The van der Waals surface area contributed by atoms with E-state index < -0.39 is 5.97 Å². The van der Waals surface area contributed by atoms with Crippen LogP contribution < -0.4 is 14.2 Å². The van der Waals surface area contributed by atoms with Gasteiger partial charge in [0, 0.05) is 5.56 Å². The summed E-state index contributed by atoms with van der Waals surface area (Å²) in [5, 5.41) is 0. The van der Waals surface area contributed by atoms with Gasteiger partial charge in [0.1, 0.15) is 17.2 Å². The number of carbonyl (C=O) groups excluding carboxylic acids is 2. The summed E-state index contributed by atoms with van der Waals surface area (Å²) in [5.74, 6) is 1.23. The van der Waals surface area contributed by atoms with Crippen molar-refractivity contribution in [3.05, 3.63) is 95.6 Å². The average Bonchev–Trinajstić information content (AvgIpc) is 2.83. The Morgan fingerprint density at radius 2 is 1.53 bits per heavy atom. The Bertz CT molecular complexity index is 1070. The molecule has 0 atom stereocenters. The fraction of sp³-hybridized carbons (Fsp3) is 0.185. The van der Waals surface area contributed by atoms with E-state index in [1.165, 1.54) is 6.08 Å². The van der Waals surface area contributed by atoms with Gasteiger partial charge in [0.25, 0.3) is 0 Å².